The van der Waals surface area contributed by atoms with Crippen LogP contribution in [0, 0.1) is 6.92 Å². The van der Waals surface area contributed by atoms with Crippen molar-refractivity contribution >= 4 is 10.0 Å². The van der Waals surface area contributed by atoms with Crippen molar-refractivity contribution in [3.8, 4) is 11.5 Å². The first-order valence-electron chi connectivity index (χ1n) is 8.24. The fourth-order valence-corrected chi connectivity index (χ4v) is 4.02. The second kappa shape index (κ2) is 6.69. The smallest absolute Gasteiger partial charge is 0.240 e. The van der Waals surface area contributed by atoms with Gasteiger partial charge in [0.2, 0.25) is 10.0 Å². The maximum Gasteiger partial charge on any atom is 0.240 e. The van der Waals surface area contributed by atoms with E-state index >= 15 is 0 Å². The van der Waals surface area contributed by atoms with Crippen LogP contribution in [0.2, 0.25) is 0 Å². The first kappa shape index (κ1) is 17.8. The molecule has 0 unspecified atom stereocenters. The third-order valence-corrected chi connectivity index (χ3v) is 5.73. The molecule has 25 heavy (non-hydrogen) atoms. The summed E-state index contributed by atoms with van der Waals surface area (Å²) in [5.41, 5.74) is 1.50. The van der Waals surface area contributed by atoms with E-state index in [9.17, 15) is 8.42 Å². The summed E-state index contributed by atoms with van der Waals surface area (Å²) >= 11 is 0. The molecule has 2 aromatic carbocycles. The Morgan fingerprint density at radius 1 is 1.04 bits per heavy atom. The van der Waals surface area contributed by atoms with E-state index in [-0.39, 0.29) is 11.4 Å². The SMILES string of the molecule is Cc1cccc(S(=O)(=O)NCC(C)(C)c2ccc3c(c2)OCCO3)c1. The van der Waals surface area contributed by atoms with Crippen LogP contribution in [0.1, 0.15) is 25.0 Å². The number of sulfonamides is 1. The lowest BCUT2D eigenvalue weighted by Gasteiger charge is -2.27. The van der Waals surface area contributed by atoms with Crippen molar-refractivity contribution in [1.82, 2.24) is 4.72 Å². The van der Waals surface area contributed by atoms with Crippen LogP contribution in [-0.4, -0.2) is 28.2 Å². The summed E-state index contributed by atoms with van der Waals surface area (Å²) in [7, 11) is -3.55. The lowest BCUT2D eigenvalue weighted by Crippen LogP contribution is -2.36. The molecule has 5 nitrogen and oxygen atoms in total. The summed E-state index contributed by atoms with van der Waals surface area (Å²) in [6.07, 6.45) is 0. The lowest BCUT2D eigenvalue weighted by atomic mass is 9.84. The van der Waals surface area contributed by atoms with Crippen molar-refractivity contribution in [2.24, 2.45) is 0 Å². The van der Waals surface area contributed by atoms with Gasteiger partial charge in [-0.3, -0.25) is 0 Å². The summed E-state index contributed by atoms with van der Waals surface area (Å²) in [5.74, 6) is 1.43. The zero-order valence-electron chi connectivity index (χ0n) is 14.7. The molecule has 6 heteroatoms. The maximum atomic E-state index is 12.5. The number of rotatable bonds is 5. The number of aryl methyl sites for hydroxylation is 1. The van der Waals surface area contributed by atoms with E-state index in [1.165, 1.54) is 0 Å². The van der Waals surface area contributed by atoms with Crippen molar-refractivity contribution in [3.63, 3.8) is 0 Å². The number of fused-ring (bicyclic) bond motifs is 1. The molecule has 1 heterocycles. The van der Waals surface area contributed by atoms with Crippen molar-refractivity contribution in [2.75, 3.05) is 19.8 Å². The van der Waals surface area contributed by atoms with E-state index in [1.807, 2.05) is 45.0 Å². The van der Waals surface area contributed by atoms with Crippen molar-refractivity contribution < 1.29 is 17.9 Å². The van der Waals surface area contributed by atoms with Gasteiger partial charge in [0, 0.05) is 12.0 Å². The molecule has 1 aliphatic heterocycles. The molecule has 0 aromatic heterocycles. The molecule has 0 amide bonds. The van der Waals surface area contributed by atoms with Gasteiger partial charge in [-0.25, -0.2) is 13.1 Å². The molecule has 1 N–H and O–H groups in total. The molecular weight excluding hydrogens is 338 g/mol. The fraction of sp³-hybridized carbons (Fsp3) is 0.368. The van der Waals surface area contributed by atoms with E-state index in [4.69, 9.17) is 9.47 Å². The van der Waals surface area contributed by atoms with Crippen LogP contribution in [0.25, 0.3) is 0 Å². The lowest BCUT2D eigenvalue weighted by molar-refractivity contribution is 0.171. The van der Waals surface area contributed by atoms with Crippen molar-refractivity contribution in [3.05, 3.63) is 53.6 Å². The molecule has 0 bridgehead atoms. The van der Waals surface area contributed by atoms with Crippen LogP contribution in [0.5, 0.6) is 11.5 Å². The molecule has 134 valence electrons. The number of ether oxygens (including phenoxy) is 2. The average molecular weight is 361 g/mol. The minimum absolute atomic E-state index is 0.281. The van der Waals surface area contributed by atoms with Crippen LogP contribution in [0.4, 0.5) is 0 Å². The maximum absolute atomic E-state index is 12.5. The van der Waals surface area contributed by atoms with E-state index in [0.717, 1.165) is 16.9 Å². The minimum Gasteiger partial charge on any atom is -0.486 e. The standard InChI is InChI=1S/C19H23NO4S/c1-14-5-4-6-16(11-14)25(21,22)20-13-19(2,3)15-7-8-17-18(12-15)24-10-9-23-17/h4-8,11-12,20H,9-10,13H2,1-3H3. The quantitative estimate of drug-likeness (QED) is 0.889. The molecular formula is C19H23NO4S. The Bertz CT molecular complexity index is 875. The summed E-state index contributed by atoms with van der Waals surface area (Å²) in [4.78, 5) is 0.283. The normalized spacial score (nSPS) is 14.4. The minimum atomic E-state index is -3.55. The first-order chi connectivity index (χ1) is 11.8. The van der Waals surface area contributed by atoms with E-state index in [0.29, 0.717) is 19.0 Å². The predicted molar refractivity (Wildman–Crippen MR) is 96.8 cm³/mol. The Kier molecular flexibility index (Phi) is 4.75. The highest BCUT2D eigenvalue weighted by molar-refractivity contribution is 7.89. The van der Waals surface area contributed by atoms with Gasteiger partial charge in [0.05, 0.1) is 4.90 Å². The highest BCUT2D eigenvalue weighted by Gasteiger charge is 2.26. The Morgan fingerprint density at radius 3 is 2.48 bits per heavy atom. The zero-order valence-corrected chi connectivity index (χ0v) is 15.5. The van der Waals surface area contributed by atoms with Crippen LogP contribution in [0.3, 0.4) is 0 Å². The molecule has 0 atom stereocenters. The number of nitrogens with one attached hydrogen (secondary N) is 1. The fourth-order valence-electron chi connectivity index (χ4n) is 2.71. The Balaban J connectivity index is 1.77. The highest BCUT2D eigenvalue weighted by atomic mass is 32.2. The summed E-state index contributed by atoms with van der Waals surface area (Å²) < 4.78 is 39.0. The molecule has 0 aliphatic carbocycles. The number of benzene rings is 2. The number of hydrogen-bond acceptors (Lipinski definition) is 4. The molecule has 0 fully saturated rings. The summed E-state index contributed by atoms with van der Waals surface area (Å²) in [6, 6.07) is 12.6. The monoisotopic (exact) mass is 361 g/mol. The van der Waals surface area contributed by atoms with Gasteiger partial charge in [0.1, 0.15) is 13.2 Å². The van der Waals surface area contributed by atoms with Gasteiger partial charge in [-0.1, -0.05) is 32.0 Å². The molecule has 0 saturated heterocycles. The molecule has 1 aliphatic rings. The average Bonchev–Trinajstić information content (AvgIpc) is 2.60. The predicted octanol–water partition coefficient (Wildman–Crippen LogP) is 3.02. The summed E-state index contributed by atoms with van der Waals surface area (Å²) in [6.45, 7) is 7.22. The largest absolute Gasteiger partial charge is 0.486 e. The molecule has 0 saturated carbocycles. The Morgan fingerprint density at radius 2 is 1.76 bits per heavy atom. The zero-order chi connectivity index (χ0) is 18.1. The van der Waals surface area contributed by atoms with Gasteiger partial charge in [-0.15, -0.1) is 0 Å². The van der Waals surface area contributed by atoms with Crippen LogP contribution in [0.15, 0.2) is 47.4 Å². The van der Waals surface area contributed by atoms with Gasteiger partial charge >= 0.3 is 0 Å². The van der Waals surface area contributed by atoms with Gasteiger partial charge in [0.15, 0.2) is 11.5 Å². The second-order valence-electron chi connectivity index (χ2n) is 6.88. The second-order valence-corrected chi connectivity index (χ2v) is 8.65. The van der Waals surface area contributed by atoms with Crippen LogP contribution in [-0.2, 0) is 15.4 Å². The van der Waals surface area contributed by atoms with Crippen molar-refractivity contribution in [1.29, 1.82) is 0 Å². The van der Waals surface area contributed by atoms with E-state index < -0.39 is 15.4 Å². The molecule has 0 spiro atoms. The summed E-state index contributed by atoms with van der Waals surface area (Å²) in [5, 5.41) is 0. The highest BCUT2D eigenvalue weighted by Crippen LogP contribution is 2.35. The van der Waals surface area contributed by atoms with E-state index in [1.54, 1.807) is 18.2 Å². The number of hydrogen-bond donors (Lipinski definition) is 1. The first-order valence-corrected chi connectivity index (χ1v) is 9.73. The van der Waals surface area contributed by atoms with Gasteiger partial charge < -0.3 is 9.47 Å². The molecule has 0 radical (unpaired) electrons. The Labute approximate surface area is 149 Å². The van der Waals surface area contributed by atoms with Crippen molar-refractivity contribution in [2.45, 2.75) is 31.1 Å². The van der Waals surface area contributed by atoms with Gasteiger partial charge in [0.25, 0.3) is 0 Å². The van der Waals surface area contributed by atoms with Crippen LogP contribution < -0.4 is 14.2 Å². The third kappa shape index (κ3) is 3.96. The van der Waals surface area contributed by atoms with Crippen LogP contribution >= 0.6 is 0 Å². The topological polar surface area (TPSA) is 64.6 Å². The van der Waals surface area contributed by atoms with E-state index in [2.05, 4.69) is 4.72 Å². The molecule has 3 rings (SSSR count). The molecule has 2 aromatic rings. The van der Waals surface area contributed by atoms with Gasteiger partial charge in [-0.05, 0) is 42.3 Å². The van der Waals surface area contributed by atoms with Gasteiger partial charge in [-0.2, -0.15) is 0 Å². The Hall–Kier alpha value is -2.05. The third-order valence-electron chi connectivity index (χ3n) is 4.33.